The molecule has 7 heteroatoms. The molecule has 2 aromatic rings. The van der Waals surface area contributed by atoms with Crippen molar-refractivity contribution in [2.75, 3.05) is 36.6 Å². The van der Waals surface area contributed by atoms with Gasteiger partial charge in [0.1, 0.15) is 0 Å². The molecule has 1 saturated heterocycles. The number of carbonyl (C=O) groups excluding carboxylic acids is 2. The van der Waals surface area contributed by atoms with Crippen molar-refractivity contribution >= 4 is 23.2 Å². The minimum atomic E-state index is -0.353. The molecule has 0 bridgehead atoms. The lowest BCUT2D eigenvalue weighted by molar-refractivity contribution is -0.128. The van der Waals surface area contributed by atoms with Gasteiger partial charge in [-0.2, -0.15) is 0 Å². The predicted octanol–water partition coefficient (Wildman–Crippen LogP) is 3.25. The Morgan fingerprint density at radius 1 is 1.10 bits per heavy atom. The van der Waals surface area contributed by atoms with Gasteiger partial charge in [-0.25, -0.2) is 0 Å². The Hall–Kier alpha value is -3.22. The quantitative estimate of drug-likeness (QED) is 0.760. The maximum atomic E-state index is 12.7. The minimum absolute atomic E-state index is 0.00954. The summed E-state index contributed by atoms with van der Waals surface area (Å²) in [5.41, 5.74) is 2.84. The fraction of sp³-hybridized carbons (Fsp3) is 0.391. The van der Waals surface area contributed by atoms with Crippen LogP contribution in [0.1, 0.15) is 25.8 Å². The molecule has 2 heterocycles. The number of ether oxygens (including phenoxy) is 2. The molecule has 2 aliphatic rings. The van der Waals surface area contributed by atoms with Crippen molar-refractivity contribution in [3.05, 3.63) is 48.0 Å². The van der Waals surface area contributed by atoms with E-state index in [1.807, 2.05) is 42.5 Å². The van der Waals surface area contributed by atoms with E-state index in [4.69, 9.17) is 9.47 Å². The van der Waals surface area contributed by atoms with Crippen LogP contribution < -0.4 is 19.7 Å². The van der Waals surface area contributed by atoms with Crippen LogP contribution in [0.15, 0.2) is 42.5 Å². The number of nitrogens with zero attached hydrogens (tertiary/aromatic N) is 2. The highest BCUT2D eigenvalue weighted by atomic mass is 16.7. The van der Waals surface area contributed by atoms with E-state index < -0.39 is 0 Å². The molecule has 7 nitrogen and oxygen atoms in total. The van der Waals surface area contributed by atoms with Crippen LogP contribution in [-0.4, -0.2) is 43.1 Å². The van der Waals surface area contributed by atoms with Crippen molar-refractivity contribution in [2.45, 2.75) is 26.8 Å². The summed E-state index contributed by atoms with van der Waals surface area (Å²) in [7, 11) is 0. The van der Waals surface area contributed by atoms with Crippen molar-refractivity contribution in [2.24, 2.45) is 5.92 Å². The lowest BCUT2D eigenvalue weighted by atomic mass is 10.1. The molecule has 2 aliphatic heterocycles. The average molecular weight is 409 g/mol. The number of anilines is 2. The van der Waals surface area contributed by atoms with E-state index in [1.165, 1.54) is 0 Å². The van der Waals surface area contributed by atoms with Gasteiger partial charge in [0.15, 0.2) is 11.5 Å². The molecule has 1 N–H and O–H groups in total. The first-order chi connectivity index (χ1) is 14.6. The number of hydrogen-bond acceptors (Lipinski definition) is 5. The largest absolute Gasteiger partial charge is 0.454 e. The van der Waals surface area contributed by atoms with E-state index in [9.17, 15) is 9.59 Å². The monoisotopic (exact) mass is 409 g/mol. The van der Waals surface area contributed by atoms with Crippen LogP contribution in [-0.2, 0) is 16.1 Å². The zero-order valence-electron chi connectivity index (χ0n) is 17.4. The van der Waals surface area contributed by atoms with Crippen molar-refractivity contribution in [1.29, 1.82) is 0 Å². The molecule has 2 aromatic carbocycles. The Bertz CT molecular complexity index is 925. The van der Waals surface area contributed by atoms with E-state index in [1.54, 1.807) is 4.90 Å². The summed E-state index contributed by atoms with van der Waals surface area (Å²) in [6.45, 7) is 7.20. The second kappa shape index (κ2) is 8.65. The van der Waals surface area contributed by atoms with Crippen molar-refractivity contribution < 1.29 is 19.1 Å². The highest BCUT2D eigenvalue weighted by Gasteiger charge is 2.34. The fourth-order valence-electron chi connectivity index (χ4n) is 3.95. The molecular formula is C23H27N3O4. The number of fused-ring (bicyclic) bond motifs is 1. The molecule has 158 valence electrons. The van der Waals surface area contributed by atoms with Crippen molar-refractivity contribution in [3.8, 4) is 11.5 Å². The van der Waals surface area contributed by atoms with E-state index in [0.717, 1.165) is 35.8 Å². The molecule has 30 heavy (non-hydrogen) atoms. The second-order valence-electron chi connectivity index (χ2n) is 7.57. The second-order valence-corrected chi connectivity index (χ2v) is 7.57. The molecule has 0 saturated carbocycles. The Labute approximate surface area is 176 Å². The van der Waals surface area contributed by atoms with Gasteiger partial charge in [-0.05, 0) is 55.8 Å². The van der Waals surface area contributed by atoms with E-state index >= 15 is 0 Å². The lowest BCUT2D eigenvalue weighted by Crippen LogP contribution is -2.28. The van der Waals surface area contributed by atoms with Gasteiger partial charge in [-0.1, -0.05) is 6.07 Å². The van der Waals surface area contributed by atoms with Gasteiger partial charge in [-0.15, -0.1) is 0 Å². The Morgan fingerprint density at radius 2 is 1.83 bits per heavy atom. The fourth-order valence-corrected chi connectivity index (χ4v) is 3.95. The normalized spacial score (nSPS) is 17.3. The third kappa shape index (κ3) is 4.20. The topological polar surface area (TPSA) is 71.1 Å². The molecule has 2 amide bonds. The Morgan fingerprint density at radius 3 is 2.57 bits per heavy atom. The Kier molecular flexibility index (Phi) is 5.79. The summed E-state index contributed by atoms with van der Waals surface area (Å²) in [5.74, 6) is 0.933. The van der Waals surface area contributed by atoms with Crippen molar-refractivity contribution in [3.63, 3.8) is 0 Å². The number of amides is 2. The SMILES string of the molecule is CCN(CC)c1ccc(NC(=O)C2CC(=O)N(Cc3ccc4c(c3)OCO4)C2)cc1. The standard InChI is InChI=1S/C23H27N3O4/c1-3-25(4-2)19-8-6-18(7-9-19)24-23(28)17-12-22(27)26(14-17)13-16-5-10-20-21(11-16)30-15-29-20/h5-11,17H,3-4,12-15H2,1-2H3,(H,24,28). The third-order valence-corrected chi connectivity index (χ3v) is 5.66. The van der Waals surface area contributed by atoms with Gasteiger partial charge in [0.05, 0.1) is 5.92 Å². The first kappa shape index (κ1) is 20.1. The lowest BCUT2D eigenvalue weighted by Gasteiger charge is -2.21. The zero-order chi connectivity index (χ0) is 21.1. The molecule has 0 radical (unpaired) electrons. The third-order valence-electron chi connectivity index (χ3n) is 5.66. The number of hydrogen-bond donors (Lipinski definition) is 1. The molecule has 0 aliphatic carbocycles. The van der Waals surface area contributed by atoms with E-state index in [-0.39, 0.29) is 30.9 Å². The van der Waals surface area contributed by atoms with Gasteiger partial charge < -0.3 is 24.6 Å². The Balaban J connectivity index is 1.35. The summed E-state index contributed by atoms with van der Waals surface area (Å²) in [4.78, 5) is 29.1. The van der Waals surface area contributed by atoms with E-state index in [2.05, 4.69) is 24.1 Å². The van der Waals surface area contributed by atoms with E-state index in [0.29, 0.717) is 18.8 Å². The van der Waals surface area contributed by atoms with Gasteiger partial charge >= 0.3 is 0 Å². The molecule has 1 atom stereocenters. The molecule has 0 aromatic heterocycles. The molecule has 1 fully saturated rings. The first-order valence-electron chi connectivity index (χ1n) is 10.4. The van der Waals surface area contributed by atoms with Gasteiger partial charge in [-0.3, -0.25) is 9.59 Å². The van der Waals surface area contributed by atoms with Gasteiger partial charge in [0, 0.05) is 44.0 Å². The minimum Gasteiger partial charge on any atom is -0.454 e. The first-order valence-corrected chi connectivity index (χ1v) is 10.4. The maximum Gasteiger partial charge on any atom is 0.231 e. The number of likely N-dealkylation sites (tertiary alicyclic amines) is 1. The summed E-state index contributed by atoms with van der Waals surface area (Å²) < 4.78 is 10.7. The van der Waals surface area contributed by atoms with Crippen LogP contribution in [0.4, 0.5) is 11.4 Å². The number of carbonyl (C=O) groups is 2. The molecule has 4 rings (SSSR count). The summed E-state index contributed by atoms with van der Waals surface area (Å²) in [5, 5.41) is 2.95. The maximum absolute atomic E-state index is 12.7. The highest BCUT2D eigenvalue weighted by Crippen LogP contribution is 2.33. The number of benzene rings is 2. The summed E-state index contributed by atoms with van der Waals surface area (Å²) >= 11 is 0. The van der Waals surface area contributed by atoms with Crippen LogP contribution in [0.3, 0.4) is 0 Å². The van der Waals surface area contributed by atoms with Crippen LogP contribution in [0.25, 0.3) is 0 Å². The smallest absolute Gasteiger partial charge is 0.231 e. The number of nitrogens with one attached hydrogen (secondary N) is 1. The van der Waals surface area contributed by atoms with Crippen molar-refractivity contribution in [1.82, 2.24) is 4.90 Å². The van der Waals surface area contributed by atoms with Gasteiger partial charge in [0.25, 0.3) is 0 Å². The van der Waals surface area contributed by atoms with Crippen LogP contribution in [0.5, 0.6) is 11.5 Å². The average Bonchev–Trinajstić information content (AvgIpc) is 3.36. The van der Waals surface area contributed by atoms with Crippen LogP contribution in [0, 0.1) is 5.92 Å². The van der Waals surface area contributed by atoms with Crippen LogP contribution >= 0.6 is 0 Å². The van der Waals surface area contributed by atoms with Crippen LogP contribution in [0.2, 0.25) is 0 Å². The zero-order valence-corrected chi connectivity index (χ0v) is 17.4. The highest BCUT2D eigenvalue weighted by molar-refractivity contribution is 5.97. The number of rotatable bonds is 7. The summed E-state index contributed by atoms with van der Waals surface area (Å²) in [6.07, 6.45) is 0.230. The summed E-state index contributed by atoms with van der Waals surface area (Å²) in [6, 6.07) is 13.5. The molecule has 0 spiro atoms. The molecule has 1 unspecified atom stereocenters. The van der Waals surface area contributed by atoms with Gasteiger partial charge in [0.2, 0.25) is 18.6 Å². The predicted molar refractivity (Wildman–Crippen MR) is 115 cm³/mol. The molecular weight excluding hydrogens is 382 g/mol.